The Morgan fingerprint density at radius 2 is 2.24 bits per heavy atom. The van der Waals surface area contributed by atoms with Gasteiger partial charge in [0.2, 0.25) is 0 Å². The number of benzene rings is 1. The van der Waals surface area contributed by atoms with Crippen LogP contribution in [-0.2, 0) is 17.8 Å². The van der Waals surface area contributed by atoms with Crippen molar-refractivity contribution < 1.29 is 9.90 Å². The highest BCUT2D eigenvalue weighted by atomic mass is 79.9. The fourth-order valence-corrected chi connectivity index (χ4v) is 2.41. The fourth-order valence-electron chi connectivity index (χ4n) is 2.05. The molecule has 0 bridgehead atoms. The molecule has 0 saturated carbocycles. The third-order valence-corrected chi connectivity index (χ3v) is 3.37. The molecule has 0 saturated heterocycles. The molecule has 0 unspecified atom stereocenters. The van der Waals surface area contributed by atoms with E-state index in [1.165, 1.54) is 0 Å². The van der Waals surface area contributed by atoms with Crippen LogP contribution in [0.1, 0.15) is 18.9 Å². The van der Waals surface area contributed by atoms with Gasteiger partial charge in [-0.1, -0.05) is 15.9 Å². The van der Waals surface area contributed by atoms with Gasteiger partial charge in [0.25, 0.3) is 0 Å². The average molecular weight is 296 g/mol. The first kappa shape index (κ1) is 12.2. The molecule has 17 heavy (non-hydrogen) atoms. The Morgan fingerprint density at radius 1 is 1.47 bits per heavy atom. The standard InChI is InChI=1S/C13H14BrNO2/c1-2-15-8-9(3-6-13(16)17)11-7-10(14)4-5-12(11)15/h4-5,7-8H,2-3,6H2,1H3,(H,16,17). The van der Waals surface area contributed by atoms with Gasteiger partial charge in [0, 0.05) is 34.5 Å². The molecule has 2 rings (SSSR count). The predicted molar refractivity (Wildman–Crippen MR) is 71.3 cm³/mol. The lowest BCUT2D eigenvalue weighted by atomic mass is 10.1. The second kappa shape index (κ2) is 4.92. The summed E-state index contributed by atoms with van der Waals surface area (Å²) in [5.41, 5.74) is 2.27. The van der Waals surface area contributed by atoms with Gasteiger partial charge in [-0.2, -0.15) is 0 Å². The van der Waals surface area contributed by atoms with Crippen molar-refractivity contribution in [3.63, 3.8) is 0 Å². The van der Waals surface area contributed by atoms with E-state index in [1.54, 1.807) is 0 Å². The zero-order valence-corrected chi connectivity index (χ0v) is 11.2. The maximum Gasteiger partial charge on any atom is 0.303 e. The van der Waals surface area contributed by atoms with E-state index in [0.717, 1.165) is 27.5 Å². The van der Waals surface area contributed by atoms with Crippen LogP contribution >= 0.6 is 15.9 Å². The van der Waals surface area contributed by atoms with E-state index in [0.29, 0.717) is 6.42 Å². The van der Waals surface area contributed by atoms with E-state index >= 15 is 0 Å². The van der Waals surface area contributed by atoms with E-state index in [-0.39, 0.29) is 6.42 Å². The molecule has 1 N–H and O–H groups in total. The van der Waals surface area contributed by atoms with Gasteiger partial charge in [0.05, 0.1) is 0 Å². The molecule has 90 valence electrons. The van der Waals surface area contributed by atoms with Crippen molar-refractivity contribution in [1.82, 2.24) is 4.57 Å². The van der Waals surface area contributed by atoms with Crippen LogP contribution in [0.25, 0.3) is 10.9 Å². The fraction of sp³-hybridized carbons (Fsp3) is 0.308. The van der Waals surface area contributed by atoms with Gasteiger partial charge in [-0.05, 0) is 37.1 Å². The number of hydrogen-bond acceptors (Lipinski definition) is 1. The largest absolute Gasteiger partial charge is 0.481 e. The molecular formula is C13H14BrNO2. The SMILES string of the molecule is CCn1cc(CCC(=O)O)c2cc(Br)ccc21. The molecule has 0 aliphatic heterocycles. The third-order valence-electron chi connectivity index (χ3n) is 2.87. The van der Waals surface area contributed by atoms with Gasteiger partial charge >= 0.3 is 5.97 Å². The van der Waals surface area contributed by atoms with E-state index < -0.39 is 5.97 Å². The summed E-state index contributed by atoms with van der Waals surface area (Å²) in [5.74, 6) is -0.752. The van der Waals surface area contributed by atoms with Crippen LogP contribution in [0, 0.1) is 0 Å². The quantitative estimate of drug-likeness (QED) is 0.939. The summed E-state index contributed by atoms with van der Waals surface area (Å²) < 4.78 is 3.18. The molecule has 1 aromatic carbocycles. The minimum Gasteiger partial charge on any atom is -0.481 e. The second-order valence-electron chi connectivity index (χ2n) is 4.00. The monoisotopic (exact) mass is 295 g/mol. The molecule has 0 amide bonds. The average Bonchev–Trinajstić information content (AvgIpc) is 2.63. The highest BCUT2D eigenvalue weighted by molar-refractivity contribution is 9.10. The lowest BCUT2D eigenvalue weighted by molar-refractivity contribution is -0.136. The molecule has 1 heterocycles. The van der Waals surface area contributed by atoms with Gasteiger partial charge in [-0.25, -0.2) is 0 Å². The summed E-state index contributed by atoms with van der Waals surface area (Å²) in [7, 11) is 0. The smallest absolute Gasteiger partial charge is 0.303 e. The maximum atomic E-state index is 10.6. The van der Waals surface area contributed by atoms with Gasteiger partial charge in [0.15, 0.2) is 0 Å². The number of aryl methyl sites for hydroxylation is 2. The van der Waals surface area contributed by atoms with Crippen LogP contribution in [0.5, 0.6) is 0 Å². The molecular weight excluding hydrogens is 282 g/mol. The Morgan fingerprint density at radius 3 is 2.88 bits per heavy atom. The van der Waals surface area contributed by atoms with Gasteiger partial charge in [-0.15, -0.1) is 0 Å². The van der Waals surface area contributed by atoms with Crippen molar-refractivity contribution >= 4 is 32.8 Å². The van der Waals surface area contributed by atoms with Crippen molar-refractivity contribution in [3.8, 4) is 0 Å². The number of carboxylic acid groups (broad SMARTS) is 1. The summed E-state index contributed by atoms with van der Waals surface area (Å²) in [6.45, 7) is 2.98. The number of aromatic nitrogens is 1. The highest BCUT2D eigenvalue weighted by Crippen LogP contribution is 2.26. The highest BCUT2D eigenvalue weighted by Gasteiger charge is 2.09. The summed E-state index contributed by atoms with van der Waals surface area (Å²) >= 11 is 3.45. The van der Waals surface area contributed by atoms with E-state index in [4.69, 9.17) is 5.11 Å². The first-order valence-corrected chi connectivity index (χ1v) is 6.40. The first-order chi connectivity index (χ1) is 8.11. The molecule has 4 heteroatoms. The zero-order chi connectivity index (χ0) is 12.4. The second-order valence-corrected chi connectivity index (χ2v) is 4.91. The minimum absolute atomic E-state index is 0.176. The molecule has 1 aromatic heterocycles. The van der Waals surface area contributed by atoms with Crippen molar-refractivity contribution in [1.29, 1.82) is 0 Å². The van der Waals surface area contributed by atoms with Crippen molar-refractivity contribution in [2.45, 2.75) is 26.3 Å². The zero-order valence-electron chi connectivity index (χ0n) is 9.61. The molecule has 0 radical (unpaired) electrons. The van der Waals surface area contributed by atoms with Gasteiger partial charge < -0.3 is 9.67 Å². The summed E-state index contributed by atoms with van der Waals surface area (Å²) in [5, 5.41) is 9.89. The molecule has 0 spiro atoms. The number of carbonyl (C=O) groups is 1. The number of rotatable bonds is 4. The first-order valence-electron chi connectivity index (χ1n) is 5.61. The molecule has 3 nitrogen and oxygen atoms in total. The summed E-state index contributed by atoms with van der Waals surface area (Å²) in [4.78, 5) is 10.6. The molecule has 0 atom stereocenters. The van der Waals surface area contributed by atoms with E-state index in [9.17, 15) is 4.79 Å². The lowest BCUT2D eigenvalue weighted by Crippen LogP contribution is -1.97. The van der Waals surface area contributed by atoms with E-state index in [1.807, 2.05) is 6.07 Å². The van der Waals surface area contributed by atoms with Crippen LogP contribution in [0.15, 0.2) is 28.9 Å². The van der Waals surface area contributed by atoms with Crippen molar-refractivity contribution in [2.24, 2.45) is 0 Å². The van der Waals surface area contributed by atoms with Gasteiger partial charge in [0.1, 0.15) is 0 Å². The molecule has 2 aromatic rings. The van der Waals surface area contributed by atoms with Crippen LogP contribution in [0.3, 0.4) is 0 Å². The Kier molecular flexibility index (Phi) is 3.52. The minimum atomic E-state index is -0.752. The summed E-state index contributed by atoms with van der Waals surface area (Å²) in [6, 6.07) is 6.13. The van der Waals surface area contributed by atoms with Gasteiger partial charge in [-0.3, -0.25) is 4.79 Å². The van der Waals surface area contributed by atoms with E-state index in [2.05, 4.69) is 45.8 Å². The Balaban J connectivity index is 2.46. The maximum absolute atomic E-state index is 10.6. The van der Waals surface area contributed by atoms with Crippen LogP contribution < -0.4 is 0 Å². The Labute approximate surface area is 108 Å². The van der Waals surface area contributed by atoms with Crippen LogP contribution in [0.2, 0.25) is 0 Å². The summed E-state index contributed by atoms with van der Waals surface area (Å²) in [6.07, 6.45) is 2.81. The number of fused-ring (bicyclic) bond motifs is 1. The lowest BCUT2D eigenvalue weighted by Gasteiger charge is -1.99. The Bertz CT molecular complexity index is 560. The molecule has 0 fully saturated rings. The molecule has 0 aliphatic carbocycles. The van der Waals surface area contributed by atoms with Crippen LogP contribution in [0.4, 0.5) is 0 Å². The predicted octanol–water partition coefficient (Wildman–Crippen LogP) is 3.44. The van der Waals surface area contributed by atoms with Crippen molar-refractivity contribution in [3.05, 3.63) is 34.4 Å². The number of halogens is 1. The Hall–Kier alpha value is -1.29. The molecule has 0 aliphatic rings. The number of hydrogen-bond donors (Lipinski definition) is 1. The van der Waals surface area contributed by atoms with Crippen LogP contribution in [-0.4, -0.2) is 15.6 Å². The number of carboxylic acids is 1. The normalized spacial score (nSPS) is 10.9. The third kappa shape index (κ3) is 2.52. The topological polar surface area (TPSA) is 42.2 Å². The number of aliphatic carboxylic acids is 1. The number of nitrogens with zero attached hydrogens (tertiary/aromatic N) is 1. The van der Waals surface area contributed by atoms with Crippen molar-refractivity contribution in [2.75, 3.05) is 0 Å².